The van der Waals surface area contributed by atoms with Crippen LogP contribution in [-0.4, -0.2) is 15.5 Å². The highest BCUT2D eigenvalue weighted by Crippen LogP contribution is 2.40. The highest BCUT2D eigenvalue weighted by molar-refractivity contribution is 6.08. The van der Waals surface area contributed by atoms with E-state index in [0.717, 1.165) is 18.2 Å². The van der Waals surface area contributed by atoms with Crippen LogP contribution in [0.4, 0.5) is 13.2 Å². The lowest BCUT2D eigenvalue weighted by atomic mass is 9.81. The van der Waals surface area contributed by atoms with Crippen molar-refractivity contribution in [3.63, 3.8) is 0 Å². The van der Waals surface area contributed by atoms with Crippen LogP contribution in [0, 0.1) is 32.6 Å². The summed E-state index contributed by atoms with van der Waals surface area (Å²) in [5, 5.41) is 32.3. The van der Waals surface area contributed by atoms with Crippen LogP contribution in [-0.2, 0) is 11.1 Å². The van der Waals surface area contributed by atoms with Gasteiger partial charge < -0.3 is 10.4 Å². The summed E-state index contributed by atoms with van der Waals surface area (Å²) in [4.78, 5) is 14.9. The number of allylic oxidation sites excluding steroid dienone is 2. The van der Waals surface area contributed by atoms with Crippen molar-refractivity contribution in [1.82, 2.24) is 0 Å². The van der Waals surface area contributed by atoms with E-state index in [9.17, 15) is 33.8 Å². The number of rotatable bonds is 3. The lowest BCUT2D eigenvalue weighted by molar-refractivity contribution is -0.717. The largest absolute Gasteiger partial charge is 0.567 e. The monoisotopic (exact) mass is 365 g/mol. The maximum absolute atomic E-state index is 12.9. The number of nitrogens with zero attached hydrogens (tertiary/aromatic N) is 4. The van der Waals surface area contributed by atoms with Crippen molar-refractivity contribution in [1.29, 1.82) is 5.26 Å². The summed E-state index contributed by atoms with van der Waals surface area (Å²) >= 11 is 0. The molecule has 0 saturated carbocycles. The van der Waals surface area contributed by atoms with Crippen molar-refractivity contribution in [3.8, 4) is 6.07 Å². The molecule has 2 aliphatic rings. The second-order valence-electron chi connectivity index (χ2n) is 5.42. The van der Waals surface area contributed by atoms with Crippen LogP contribution in [0.1, 0.15) is 17.0 Å². The highest BCUT2D eigenvalue weighted by atomic mass is 19.4. The molecular weight excluding hydrogens is 357 g/mol. The van der Waals surface area contributed by atoms with E-state index in [0.29, 0.717) is 0 Å². The lowest BCUT2D eigenvalue weighted by Crippen LogP contribution is -2.24. The number of alkyl halides is 3. The van der Waals surface area contributed by atoms with E-state index in [-0.39, 0.29) is 21.9 Å². The summed E-state index contributed by atoms with van der Waals surface area (Å²) in [6.07, 6.45) is -2.23. The zero-order valence-corrected chi connectivity index (χ0v) is 12.7. The minimum atomic E-state index is -4.62. The van der Waals surface area contributed by atoms with Crippen molar-refractivity contribution in [2.45, 2.75) is 12.1 Å². The number of nitro groups is 1. The maximum atomic E-state index is 12.9. The average molecular weight is 365 g/mol. The van der Waals surface area contributed by atoms with Gasteiger partial charge in [-0.25, -0.2) is 0 Å². The Hall–Kier alpha value is -3.55. The number of fused-ring (bicyclic) bond motifs is 1. The van der Waals surface area contributed by atoms with Crippen molar-refractivity contribution in [2.75, 3.05) is 0 Å². The van der Waals surface area contributed by atoms with Gasteiger partial charge in [0.15, 0.2) is 0 Å². The zero-order valence-electron chi connectivity index (χ0n) is 12.7. The minimum absolute atomic E-state index is 0.0305. The molecule has 0 amide bonds. The quantitative estimate of drug-likeness (QED) is 0.463. The Kier molecular flexibility index (Phi) is 4.03. The molecule has 1 aromatic carbocycles. The summed E-state index contributed by atoms with van der Waals surface area (Å²) in [5.41, 5.74) is 1.15. The number of benzene rings is 1. The molecule has 2 atom stereocenters. The van der Waals surface area contributed by atoms with Gasteiger partial charge in [-0.15, -0.1) is 0 Å². The van der Waals surface area contributed by atoms with Gasteiger partial charge in [0.05, 0.1) is 28.4 Å². The summed E-state index contributed by atoms with van der Waals surface area (Å²) in [5.74, 6) is -2.50. The van der Waals surface area contributed by atoms with Crippen LogP contribution in [0.15, 0.2) is 47.8 Å². The van der Waals surface area contributed by atoms with E-state index in [2.05, 4.69) is 10.4 Å². The summed E-state index contributed by atoms with van der Waals surface area (Å²) < 4.78 is 38.7. The van der Waals surface area contributed by atoms with E-state index >= 15 is 0 Å². The van der Waals surface area contributed by atoms with Crippen LogP contribution >= 0.6 is 0 Å². The molecule has 0 N–H and O–H groups in total. The average Bonchev–Trinajstić information content (AvgIpc) is 2.96. The second-order valence-corrected chi connectivity index (χ2v) is 5.42. The molecule has 0 aromatic heterocycles. The molecule has 0 saturated heterocycles. The van der Waals surface area contributed by atoms with Gasteiger partial charge in [0.25, 0.3) is 5.71 Å². The first-order valence-electron chi connectivity index (χ1n) is 7.10. The molecule has 26 heavy (non-hydrogen) atoms. The topological polar surface area (TPSA) is 116 Å². The first-order chi connectivity index (χ1) is 12.2. The molecule has 8 nitrogen and oxygen atoms in total. The van der Waals surface area contributed by atoms with E-state index in [1.165, 1.54) is 18.2 Å². The van der Waals surface area contributed by atoms with Crippen LogP contribution in [0.25, 0.3) is 5.48 Å². The van der Waals surface area contributed by atoms with Crippen molar-refractivity contribution >= 4 is 5.71 Å². The Morgan fingerprint density at radius 2 is 2.15 bits per heavy atom. The summed E-state index contributed by atoms with van der Waals surface area (Å²) in [6.45, 7) is 0. The minimum Gasteiger partial charge on any atom is -0.567 e. The van der Waals surface area contributed by atoms with Crippen LogP contribution < -0.4 is 0 Å². The van der Waals surface area contributed by atoms with Crippen molar-refractivity contribution in [2.24, 2.45) is 5.92 Å². The Labute approximate surface area is 143 Å². The standard InChI is InChI=1S/C15H8F3N4O4/c16-15(17,18)9-3-1-2-8(6-9)11(7-19)10-4-5-12-13(14(10)21(23)24)20-26-22(12)25/h1-6,10-11H/q-1. The first-order valence-corrected chi connectivity index (χ1v) is 7.10. The SMILES string of the molecule is N#CC(c1cccc(C(F)(F)F)c1)C1C=CC2=[N+]([O-])O[N-]C2=C1[N+](=O)[O-]. The molecule has 1 aromatic rings. The molecule has 0 spiro atoms. The van der Waals surface area contributed by atoms with Gasteiger partial charge in [0.2, 0.25) is 5.70 Å². The number of hydrogen-bond donors (Lipinski definition) is 0. The molecule has 3 rings (SSSR count). The molecular formula is C15H8F3N4O4-. The molecule has 0 bridgehead atoms. The fourth-order valence-electron chi connectivity index (χ4n) is 2.76. The molecule has 11 heteroatoms. The zero-order chi connectivity index (χ0) is 19.1. The van der Waals surface area contributed by atoms with Crippen LogP contribution in [0.2, 0.25) is 0 Å². The molecule has 1 aliphatic heterocycles. The van der Waals surface area contributed by atoms with Gasteiger partial charge in [-0.1, -0.05) is 24.3 Å². The van der Waals surface area contributed by atoms with E-state index in [4.69, 9.17) is 0 Å². The third-order valence-corrected chi connectivity index (χ3v) is 3.93. The van der Waals surface area contributed by atoms with Gasteiger partial charge in [-0.05, 0) is 11.6 Å². The van der Waals surface area contributed by atoms with E-state index in [1.54, 1.807) is 6.07 Å². The molecule has 1 aliphatic carbocycles. The molecule has 134 valence electrons. The summed E-state index contributed by atoms with van der Waals surface area (Å²) in [7, 11) is 0. The van der Waals surface area contributed by atoms with Gasteiger partial charge in [-0.2, -0.15) is 18.4 Å². The second kappa shape index (κ2) is 6.07. The Morgan fingerprint density at radius 1 is 1.42 bits per heavy atom. The van der Waals surface area contributed by atoms with Crippen molar-refractivity contribution < 1.29 is 27.9 Å². The predicted molar refractivity (Wildman–Crippen MR) is 79.5 cm³/mol. The molecule has 1 heterocycles. The molecule has 0 radical (unpaired) electrons. The lowest BCUT2D eigenvalue weighted by Gasteiger charge is -2.24. The predicted octanol–water partition coefficient (Wildman–Crippen LogP) is 3.17. The molecule has 0 fully saturated rings. The highest BCUT2D eigenvalue weighted by Gasteiger charge is 2.40. The van der Waals surface area contributed by atoms with Gasteiger partial charge in [0, 0.05) is 16.7 Å². The normalized spacial score (nSPS) is 20.2. The van der Waals surface area contributed by atoms with Crippen LogP contribution in [0.3, 0.4) is 0 Å². The Bertz CT molecular complexity index is 914. The Balaban J connectivity index is 2.08. The maximum Gasteiger partial charge on any atom is 0.416 e. The Morgan fingerprint density at radius 3 is 2.77 bits per heavy atom. The van der Waals surface area contributed by atoms with Crippen LogP contribution in [0.5, 0.6) is 0 Å². The number of hydrogen-bond acceptors (Lipinski definition) is 5. The number of halogens is 3. The first kappa shape index (κ1) is 17.3. The molecule has 2 unspecified atom stereocenters. The third-order valence-electron chi connectivity index (χ3n) is 3.93. The van der Waals surface area contributed by atoms with E-state index in [1.807, 2.05) is 0 Å². The smallest absolute Gasteiger partial charge is 0.416 e. The number of hydroxylamine groups is 1. The van der Waals surface area contributed by atoms with E-state index < -0.39 is 34.2 Å². The fourth-order valence-corrected chi connectivity index (χ4v) is 2.76. The fraction of sp³-hybridized carbons (Fsp3) is 0.200. The summed E-state index contributed by atoms with van der Waals surface area (Å²) in [6, 6.07) is 5.80. The van der Waals surface area contributed by atoms with Crippen molar-refractivity contribution in [3.05, 3.63) is 79.7 Å². The van der Waals surface area contributed by atoms with Gasteiger partial charge >= 0.3 is 6.18 Å². The number of nitriles is 1. The van der Waals surface area contributed by atoms with Gasteiger partial charge in [0.1, 0.15) is 0 Å². The third kappa shape index (κ3) is 2.81. The van der Waals surface area contributed by atoms with Gasteiger partial charge in [-0.3, -0.25) is 15.3 Å².